The molecule has 1 heterocycles. The molecule has 0 amide bonds. The van der Waals surface area contributed by atoms with E-state index >= 15 is 0 Å². The van der Waals surface area contributed by atoms with Crippen LogP contribution in [0.25, 0.3) is 0 Å². The number of carboxylic acid groups (broad SMARTS) is 1. The monoisotopic (exact) mass is 309 g/mol. The number of nitrogens with zero attached hydrogens (tertiary/aromatic N) is 1. The number of aromatic nitrogens is 1. The van der Waals surface area contributed by atoms with Gasteiger partial charge in [0.15, 0.2) is 12.4 Å². The quantitative estimate of drug-likeness (QED) is 0.928. The van der Waals surface area contributed by atoms with Gasteiger partial charge in [0.2, 0.25) is 0 Å². The summed E-state index contributed by atoms with van der Waals surface area (Å²) in [5.41, 5.74) is 0. The van der Waals surface area contributed by atoms with Crippen LogP contribution in [-0.4, -0.2) is 22.7 Å². The van der Waals surface area contributed by atoms with E-state index in [4.69, 9.17) is 9.84 Å². The van der Waals surface area contributed by atoms with Crippen molar-refractivity contribution >= 4 is 37.8 Å². The number of aliphatic carboxylic acids is 1. The molecule has 0 saturated heterocycles. The van der Waals surface area contributed by atoms with Crippen LogP contribution in [0, 0.1) is 0 Å². The van der Waals surface area contributed by atoms with Gasteiger partial charge in [-0.15, -0.1) is 0 Å². The molecule has 0 saturated carbocycles. The van der Waals surface area contributed by atoms with Crippen LogP contribution >= 0.6 is 31.9 Å². The molecule has 1 aromatic rings. The highest BCUT2D eigenvalue weighted by Gasteiger charge is 2.07. The Bertz CT molecular complexity index is 309. The standard InChI is InChI=1S/C7H5Br2NO3/c8-4-1-10-2-5(9)7(4)13-3-6(11)12/h1-2H,3H2,(H,11,12). The second-order valence-electron chi connectivity index (χ2n) is 2.11. The zero-order valence-electron chi connectivity index (χ0n) is 6.33. The second-order valence-corrected chi connectivity index (χ2v) is 3.82. The third-order valence-corrected chi connectivity index (χ3v) is 2.28. The van der Waals surface area contributed by atoms with Gasteiger partial charge < -0.3 is 9.84 Å². The molecular formula is C7H5Br2NO3. The Morgan fingerprint density at radius 1 is 1.46 bits per heavy atom. The predicted octanol–water partition coefficient (Wildman–Crippen LogP) is 2.07. The van der Waals surface area contributed by atoms with Gasteiger partial charge in [-0.25, -0.2) is 4.79 Å². The summed E-state index contributed by atoms with van der Waals surface area (Å²) in [5.74, 6) is -0.576. The van der Waals surface area contributed by atoms with Gasteiger partial charge in [0.1, 0.15) is 0 Å². The van der Waals surface area contributed by atoms with Gasteiger partial charge in [-0.2, -0.15) is 0 Å². The molecule has 0 spiro atoms. The maximum absolute atomic E-state index is 10.2. The van der Waals surface area contributed by atoms with Crippen molar-refractivity contribution < 1.29 is 14.6 Å². The lowest BCUT2D eigenvalue weighted by Gasteiger charge is -2.06. The Morgan fingerprint density at radius 2 is 2.00 bits per heavy atom. The molecule has 0 fully saturated rings. The van der Waals surface area contributed by atoms with E-state index in [1.54, 1.807) is 0 Å². The molecule has 0 aliphatic carbocycles. The fraction of sp³-hybridized carbons (Fsp3) is 0.143. The summed E-state index contributed by atoms with van der Waals surface area (Å²) in [5, 5.41) is 8.39. The second kappa shape index (κ2) is 4.57. The van der Waals surface area contributed by atoms with Crippen LogP contribution in [0.2, 0.25) is 0 Å². The number of hydrogen-bond donors (Lipinski definition) is 1. The molecule has 0 radical (unpaired) electrons. The number of carbonyl (C=O) groups is 1. The van der Waals surface area contributed by atoms with Crippen molar-refractivity contribution in [3.63, 3.8) is 0 Å². The first-order chi connectivity index (χ1) is 6.11. The molecule has 0 atom stereocenters. The van der Waals surface area contributed by atoms with E-state index in [2.05, 4.69) is 36.8 Å². The Labute approximate surface area is 91.2 Å². The maximum Gasteiger partial charge on any atom is 0.341 e. The topological polar surface area (TPSA) is 59.4 Å². The van der Waals surface area contributed by atoms with Gasteiger partial charge in [-0.3, -0.25) is 4.98 Å². The molecule has 1 N–H and O–H groups in total. The minimum Gasteiger partial charge on any atom is -0.479 e. The largest absolute Gasteiger partial charge is 0.479 e. The van der Waals surface area contributed by atoms with Crippen LogP contribution in [0.15, 0.2) is 21.3 Å². The van der Waals surface area contributed by atoms with Crippen LogP contribution in [-0.2, 0) is 4.79 Å². The van der Waals surface area contributed by atoms with E-state index in [9.17, 15) is 4.79 Å². The molecule has 0 aromatic carbocycles. The van der Waals surface area contributed by atoms with E-state index in [0.717, 1.165) is 0 Å². The molecule has 70 valence electrons. The average molecular weight is 311 g/mol. The van der Waals surface area contributed by atoms with Crippen molar-refractivity contribution in [3.8, 4) is 5.75 Å². The minimum absolute atomic E-state index is 0.374. The number of ether oxygens (including phenoxy) is 1. The molecule has 1 aromatic heterocycles. The average Bonchev–Trinajstić information content (AvgIpc) is 2.03. The van der Waals surface area contributed by atoms with Crippen molar-refractivity contribution in [2.75, 3.05) is 6.61 Å². The number of rotatable bonds is 3. The van der Waals surface area contributed by atoms with E-state index in [1.165, 1.54) is 12.4 Å². The lowest BCUT2D eigenvalue weighted by atomic mass is 10.4. The molecule has 4 nitrogen and oxygen atoms in total. The normalized spacial score (nSPS) is 9.69. The molecule has 0 bridgehead atoms. The van der Waals surface area contributed by atoms with Crippen LogP contribution in [0.5, 0.6) is 5.75 Å². The van der Waals surface area contributed by atoms with E-state index in [-0.39, 0.29) is 6.61 Å². The number of halogens is 2. The zero-order valence-corrected chi connectivity index (χ0v) is 9.50. The summed E-state index contributed by atoms with van der Waals surface area (Å²) < 4.78 is 6.22. The van der Waals surface area contributed by atoms with Crippen molar-refractivity contribution in [1.29, 1.82) is 0 Å². The molecule has 0 aliphatic heterocycles. The molecular weight excluding hydrogens is 306 g/mol. The van der Waals surface area contributed by atoms with Crippen molar-refractivity contribution in [3.05, 3.63) is 21.3 Å². The fourth-order valence-corrected chi connectivity index (χ4v) is 1.83. The van der Waals surface area contributed by atoms with Crippen molar-refractivity contribution in [1.82, 2.24) is 4.98 Å². The van der Waals surface area contributed by atoms with Crippen LogP contribution in [0.3, 0.4) is 0 Å². The SMILES string of the molecule is O=C(O)COc1c(Br)cncc1Br. The number of pyridine rings is 1. The Kier molecular flexibility index (Phi) is 3.68. The Balaban J connectivity index is 2.81. The highest BCUT2D eigenvalue weighted by atomic mass is 79.9. The summed E-state index contributed by atoms with van der Waals surface area (Å²) in [4.78, 5) is 14.1. The first-order valence-corrected chi connectivity index (χ1v) is 4.83. The van der Waals surface area contributed by atoms with Gasteiger partial charge in [0.25, 0.3) is 0 Å². The van der Waals surface area contributed by atoms with Crippen LogP contribution in [0.1, 0.15) is 0 Å². The summed E-state index contributed by atoms with van der Waals surface area (Å²) in [6, 6.07) is 0. The first-order valence-electron chi connectivity index (χ1n) is 3.25. The maximum atomic E-state index is 10.2. The van der Waals surface area contributed by atoms with Gasteiger partial charge in [-0.1, -0.05) is 0 Å². The van der Waals surface area contributed by atoms with Gasteiger partial charge >= 0.3 is 5.97 Å². The third-order valence-electron chi connectivity index (χ3n) is 1.15. The van der Waals surface area contributed by atoms with Crippen molar-refractivity contribution in [2.24, 2.45) is 0 Å². The van der Waals surface area contributed by atoms with E-state index < -0.39 is 5.97 Å². The summed E-state index contributed by atoms with van der Waals surface area (Å²) in [6.07, 6.45) is 3.06. The van der Waals surface area contributed by atoms with Gasteiger partial charge in [-0.05, 0) is 31.9 Å². The number of hydrogen-bond acceptors (Lipinski definition) is 3. The smallest absolute Gasteiger partial charge is 0.341 e. The number of carboxylic acids is 1. The third kappa shape index (κ3) is 2.96. The predicted molar refractivity (Wildman–Crippen MR) is 52.8 cm³/mol. The summed E-state index contributed by atoms with van der Waals surface area (Å²) in [6.45, 7) is -0.374. The van der Waals surface area contributed by atoms with E-state index in [1.807, 2.05) is 0 Å². The lowest BCUT2D eigenvalue weighted by molar-refractivity contribution is -0.139. The zero-order chi connectivity index (χ0) is 9.84. The van der Waals surface area contributed by atoms with Crippen LogP contribution < -0.4 is 4.74 Å². The van der Waals surface area contributed by atoms with Crippen LogP contribution in [0.4, 0.5) is 0 Å². The highest BCUT2D eigenvalue weighted by molar-refractivity contribution is 9.11. The summed E-state index contributed by atoms with van der Waals surface area (Å²) >= 11 is 6.37. The molecule has 13 heavy (non-hydrogen) atoms. The van der Waals surface area contributed by atoms with E-state index in [0.29, 0.717) is 14.7 Å². The highest BCUT2D eigenvalue weighted by Crippen LogP contribution is 2.31. The van der Waals surface area contributed by atoms with Gasteiger partial charge in [0.05, 0.1) is 8.95 Å². The minimum atomic E-state index is -1.02. The van der Waals surface area contributed by atoms with Crippen molar-refractivity contribution in [2.45, 2.75) is 0 Å². The molecule has 0 unspecified atom stereocenters. The molecule has 1 rings (SSSR count). The Hall–Kier alpha value is -0.620. The molecule has 0 aliphatic rings. The Morgan fingerprint density at radius 3 is 2.46 bits per heavy atom. The molecule has 6 heteroatoms. The fourth-order valence-electron chi connectivity index (χ4n) is 0.671. The lowest BCUT2D eigenvalue weighted by Crippen LogP contribution is -2.10. The summed E-state index contributed by atoms with van der Waals surface area (Å²) in [7, 11) is 0. The first kappa shape index (κ1) is 10.5. The van der Waals surface area contributed by atoms with Gasteiger partial charge in [0, 0.05) is 12.4 Å².